The maximum absolute atomic E-state index is 12.6. The van der Waals surface area contributed by atoms with Crippen molar-refractivity contribution in [1.82, 2.24) is 10.3 Å². The molecule has 0 unspecified atom stereocenters. The lowest BCUT2D eigenvalue weighted by Gasteiger charge is -2.09. The van der Waals surface area contributed by atoms with Gasteiger partial charge in [0.2, 0.25) is 0 Å². The molecule has 1 heterocycles. The summed E-state index contributed by atoms with van der Waals surface area (Å²) in [5, 5.41) is 5.37. The summed E-state index contributed by atoms with van der Waals surface area (Å²) in [6.07, 6.45) is 4.65. The van der Waals surface area contributed by atoms with E-state index < -0.39 is 25.7 Å². The van der Waals surface area contributed by atoms with E-state index in [1.165, 1.54) is 36.4 Å². The first-order valence-corrected chi connectivity index (χ1v) is 13.2. The van der Waals surface area contributed by atoms with Gasteiger partial charge in [0, 0.05) is 30.9 Å². The number of nitrogens with zero attached hydrogens (tertiary/aromatic N) is 1. The topological polar surface area (TPSA) is 122 Å². The Hall–Kier alpha value is -3.24. The molecule has 0 radical (unpaired) electrons. The molecular weight excluding hydrogens is 450 g/mol. The van der Waals surface area contributed by atoms with Crippen molar-refractivity contribution in [3.63, 3.8) is 0 Å². The Labute approximate surface area is 187 Å². The van der Waals surface area contributed by atoms with Crippen LogP contribution in [0.5, 0.6) is 0 Å². The Kier molecular flexibility index (Phi) is 7.26. The summed E-state index contributed by atoms with van der Waals surface area (Å²) in [4.78, 5) is 16.3. The van der Waals surface area contributed by atoms with Crippen LogP contribution in [-0.4, -0.2) is 39.9 Å². The van der Waals surface area contributed by atoms with E-state index in [1.54, 1.807) is 36.7 Å². The summed E-state index contributed by atoms with van der Waals surface area (Å²) in [7, 11) is -6.83. The Morgan fingerprint density at radius 1 is 0.812 bits per heavy atom. The van der Waals surface area contributed by atoms with E-state index in [4.69, 9.17) is 0 Å². The summed E-state index contributed by atoms with van der Waals surface area (Å²) in [6, 6.07) is 15.3. The average Bonchev–Trinajstić information content (AvgIpc) is 2.77. The molecule has 8 nitrogen and oxygen atoms in total. The maximum Gasteiger partial charge on any atom is 0.319 e. The minimum atomic E-state index is -3.54. The standard InChI is InChI=1S/C22H23N3O5S2/c1-31(27,28)20-6-2-17(3-7-20)12-15-32(29,30)21-8-4-19(5-9-21)25-22(26)24-16-18-10-13-23-14-11-18/h2-11,13-14H,12,15-16H2,1H3,(H2,24,25,26). The molecule has 0 fully saturated rings. The van der Waals surface area contributed by atoms with E-state index in [1.807, 2.05) is 0 Å². The first-order chi connectivity index (χ1) is 15.1. The number of rotatable bonds is 8. The number of hydrogen-bond donors (Lipinski definition) is 2. The molecule has 0 aliphatic heterocycles. The van der Waals surface area contributed by atoms with Gasteiger partial charge >= 0.3 is 6.03 Å². The zero-order valence-electron chi connectivity index (χ0n) is 17.4. The van der Waals surface area contributed by atoms with Crippen LogP contribution in [0, 0.1) is 0 Å². The van der Waals surface area contributed by atoms with E-state index in [2.05, 4.69) is 15.6 Å². The Morgan fingerprint density at radius 3 is 2.00 bits per heavy atom. The van der Waals surface area contributed by atoms with Gasteiger partial charge in [0.25, 0.3) is 0 Å². The van der Waals surface area contributed by atoms with Gasteiger partial charge in [-0.3, -0.25) is 4.98 Å². The molecule has 168 valence electrons. The molecule has 2 N–H and O–H groups in total. The largest absolute Gasteiger partial charge is 0.334 e. The molecule has 0 bridgehead atoms. The molecule has 0 atom stereocenters. The molecule has 2 amide bonds. The third-order valence-corrected chi connectivity index (χ3v) is 7.55. The molecule has 2 aromatic carbocycles. The zero-order chi connectivity index (χ0) is 23.2. The number of aryl methyl sites for hydroxylation is 1. The van der Waals surface area contributed by atoms with Crippen LogP contribution in [0.25, 0.3) is 0 Å². The van der Waals surface area contributed by atoms with Crippen LogP contribution < -0.4 is 10.6 Å². The van der Waals surface area contributed by atoms with Crippen LogP contribution in [0.15, 0.2) is 82.8 Å². The van der Waals surface area contributed by atoms with Crippen molar-refractivity contribution in [2.24, 2.45) is 0 Å². The third-order valence-electron chi connectivity index (χ3n) is 4.68. The summed E-state index contributed by atoms with van der Waals surface area (Å²) < 4.78 is 48.3. The molecule has 0 saturated carbocycles. The first kappa shape index (κ1) is 23.4. The van der Waals surface area contributed by atoms with Gasteiger partial charge in [0.1, 0.15) is 0 Å². The van der Waals surface area contributed by atoms with Crippen molar-refractivity contribution in [1.29, 1.82) is 0 Å². The SMILES string of the molecule is CS(=O)(=O)c1ccc(CCS(=O)(=O)c2ccc(NC(=O)NCc3ccncc3)cc2)cc1. The van der Waals surface area contributed by atoms with Crippen molar-refractivity contribution in [2.75, 3.05) is 17.3 Å². The highest BCUT2D eigenvalue weighted by atomic mass is 32.2. The highest BCUT2D eigenvalue weighted by Crippen LogP contribution is 2.17. The fourth-order valence-electron chi connectivity index (χ4n) is 2.88. The Balaban J connectivity index is 1.55. The fraction of sp³-hybridized carbons (Fsp3) is 0.182. The number of anilines is 1. The van der Waals surface area contributed by atoms with Crippen LogP contribution in [0.1, 0.15) is 11.1 Å². The highest BCUT2D eigenvalue weighted by molar-refractivity contribution is 7.91. The van der Waals surface area contributed by atoms with Crippen LogP contribution in [0.3, 0.4) is 0 Å². The molecule has 0 spiro atoms. The smallest absolute Gasteiger partial charge is 0.319 e. The lowest BCUT2D eigenvalue weighted by molar-refractivity contribution is 0.251. The molecular formula is C22H23N3O5S2. The minimum absolute atomic E-state index is 0.121. The number of pyridine rings is 1. The zero-order valence-corrected chi connectivity index (χ0v) is 19.0. The van der Waals surface area contributed by atoms with Gasteiger partial charge in [-0.05, 0) is 66.1 Å². The van der Waals surface area contributed by atoms with Gasteiger partial charge in [-0.1, -0.05) is 12.1 Å². The van der Waals surface area contributed by atoms with E-state index in [0.29, 0.717) is 12.2 Å². The van der Waals surface area contributed by atoms with E-state index in [-0.39, 0.29) is 22.0 Å². The maximum atomic E-state index is 12.6. The number of aromatic nitrogens is 1. The monoisotopic (exact) mass is 473 g/mol. The third kappa shape index (κ3) is 6.63. The van der Waals surface area contributed by atoms with Crippen molar-refractivity contribution >= 4 is 31.4 Å². The molecule has 32 heavy (non-hydrogen) atoms. The highest BCUT2D eigenvalue weighted by Gasteiger charge is 2.15. The molecule has 3 aromatic rings. The van der Waals surface area contributed by atoms with Gasteiger partial charge in [0.05, 0.1) is 15.5 Å². The van der Waals surface area contributed by atoms with Crippen molar-refractivity contribution in [2.45, 2.75) is 22.8 Å². The van der Waals surface area contributed by atoms with Crippen LogP contribution in [0.4, 0.5) is 10.5 Å². The van der Waals surface area contributed by atoms with Crippen LogP contribution >= 0.6 is 0 Å². The number of benzene rings is 2. The number of urea groups is 1. The Bertz CT molecular complexity index is 1270. The number of nitrogens with one attached hydrogen (secondary N) is 2. The second-order valence-electron chi connectivity index (χ2n) is 7.17. The van der Waals surface area contributed by atoms with E-state index in [9.17, 15) is 21.6 Å². The average molecular weight is 474 g/mol. The number of carbonyl (C=O) groups is 1. The van der Waals surface area contributed by atoms with Crippen LogP contribution in [-0.2, 0) is 32.6 Å². The molecule has 0 aliphatic rings. The number of carbonyl (C=O) groups excluding carboxylic acids is 1. The fourth-order valence-corrected chi connectivity index (χ4v) is 4.80. The summed E-state index contributed by atoms with van der Waals surface area (Å²) in [6.45, 7) is 0.339. The number of hydrogen-bond acceptors (Lipinski definition) is 6. The van der Waals surface area contributed by atoms with E-state index in [0.717, 1.165) is 17.4 Å². The van der Waals surface area contributed by atoms with Crippen molar-refractivity contribution in [3.8, 4) is 0 Å². The molecule has 3 rings (SSSR count). The molecule has 10 heteroatoms. The van der Waals surface area contributed by atoms with Crippen molar-refractivity contribution < 1.29 is 21.6 Å². The first-order valence-electron chi connectivity index (χ1n) is 9.69. The van der Waals surface area contributed by atoms with Gasteiger partial charge in [-0.2, -0.15) is 0 Å². The summed E-state index contributed by atoms with van der Waals surface area (Å²) in [5.41, 5.74) is 2.10. The second kappa shape index (κ2) is 9.92. The second-order valence-corrected chi connectivity index (χ2v) is 11.3. The predicted molar refractivity (Wildman–Crippen MR) is 122 cm³/mol. The molecule has 0 saturated heterocycles. The van der Waals surface area contributed by atoms with Crippen molar-refractivity contribution in [3.05, 3.63) is 84.2 Å². The lowest BCUT2D eigenvalue weighted by atomic mass is 10.2. The summed E-state index contributed by atoms with van der Waals surface area (Å²) in [5.74, 6) is -0.121. The minimum Gasteiger partial charge on any atom is -0.334 e. The molecule has 1 aromatic heterocycles. The quantitative estimate of drug-likeness (QED) is 0.519. The van der Waals surface area contributed by atoms with E-state index >= 15 is 0 Å². The van der Waals surface area contributed by atoms with Crippen LogP contribution in [0.2, 0.25) is 0 Å². The number of sulfone groups is 2. The summed E-state index contributed by atoms with van der Waals surface area (Å²) >= 11 is 0. The number of amides is 2. The predicted octanol–water partition coefficient (Wildman–Crippen LogP) is 2.82. The van der Waals surface area contributed by atoms with Gasteiger partial charge in [-0.25, -0.2) is 21.6 Å². The Morgan fingerprint density at radius 2 is 1.41 bits per heavy atom. The van der Waals surface area contributed by atoms with Gasteiger partial charge in [0.15, 0.2) is 19.7 Å². The lowest BCUT2D eigenvalue weighted by Crippen LogP contribution is -2.28. The normalized spacial score (nSPS) is 11.7. The molecule has 0 aliphatic carbocycles. The van der Waals surface area contributed by atoms with Gasteiger partial charge < -0.3 is 10.6 Å². The van der Waals surface area contributed by atoms with Gasteiger partial charge in [-0.15, -0.1) is 0 Å².